The molecule has 0 spiro atoms. The summed E-state index contributed by atoms with van der Waals surface area (Å²) in [5, 5.41) is 4.07. The molecule has 0 saturated carbocycles. The van der Waals surface area contributed by atoms with E-state index in [0.717, 1.165) is 28.1 Å². The molecule has 98 valence electrons. The highest BCUT2D eigenvalue weighted by Crippen LogP contribution is 2.32. The zero-order chi connectivity index (χ0) is 13.2. The molecule has 0 fully saturated rings. The third-order valence-corrected chi connectivity index (χ3v) is 4.15. The van der Waals surface area contributed by atoms with Crippen LogP contribution in [-0.2, 0) is 13.1 Å². The highest BCUT2D eigenvalue weighted by atomic mass is 35.5. The minimum absolute atomic E-state index is 0.685. The van der Waals surface area contributed by atoms with E-state index in [1.54, 1.807) is 11.3 Å². The van der Waals surface area contributed by atoms with E-state index in [1.165, 1.54) is 0 Å². The Bertz CT molecular complexity index is 704. The smallest absolute Gasteiger partial charge is 0.106 e. The van der Waals surface area contributed by atoms with Crippen LogP contribution in [0, 0.1) is 0 Å². The van der Waals surface area contributed by atoms with Crippen LogP contribution in [0.2, 0.25) is 5.02 Å². The molecule has 0 unspecified atom stereocenters. The summed E-state index contributed by atoms with van der Waals surface area (Å²) < 4.78 is 3.23. The van der Waals surface area contributed by atoms with E-state index in [9.17, 15) is 0 Å². The normalized spacial score (nSPS) is 11.1. The lowest BCUT2D eigenvalue weighted by atomic mass is 10.2. The monoisotopic (exact) mass is 292 g/mol. The molecule has 0 atom stereocenters. The number of aromatic nitrogens is 3. The van der Waals surface area contributed by atoms with E-state index in [1.807, 2.05) is 30.2 Å². The van der Waals surface area contributed by atoms with Gasteiger partial charge in [0.2, 0.25) is 0 Å². The number of hydrogen-bond acceptors (Lipinski definition) is 4. The summed E-state index contributed by atoms with van der Waals surface area (Å²) in [4.78, 5) is 8.53. The highest BCUT2D eigenvalue weighted by molar-refractivity contribution is 7.16. The molecule has 19 heavy (non-hydrogen) atoms. The quantitative estimate of drug-likeness (QED) is 0.796. The molecule has 0 saturated heterocycles. The van der Waals surface area contributed by atoms with Crippen molar-refractivity contribution in [2.75, 3.05) is 5.32 Å². The molecule has 0 bridgehead atoms. The van der Waals surface area contributed by atoms with Crippen molar-refractivity contribution in [2.24, 2.45) is 0 Å². The first kappa shape index (κ1) is 12.4. The fraction of sp³-hybridized carbons (Fsp3) is 0.231. The zero-order valence-corrected chi connectivity index (χ0v) is 12.0. The molecule has 2 aromatic heterocycles. The van der Waals surface area contributed by atoms with Gasteiger partial charge in [0.25, 0.3) is 0 Å². The van der Waals surface area contributed by atoms with Crippen molar-refractivity contribution >= 4 is 38.8 Å². The number of halogens is 1. The van der Waals surface area contributed by atoms with E-state index < -0.39 is 0 Å². The number of hydrogen-bond donors (Lipinski definition) is 1. The first-order valence-corrected chi connectivity index (χ1v) is 7.30. The first-order valence-electron chi connectivity index (χ1n) is 6.04. The molecule has 4 nitrogen and oxygen atoms in total. The zero-order valence-electron chi connectivity index (χ0n) is 10.4. The van der Waals surface area contributed by atoms with E-state index in [2.05, 4.69) is 26.8 Å². The Balaban J connectivity index is 1.89. The maximum Gasteiger partial charge on any atom is 0.106 e. The SMILES string of the molecule is CCn1cncc1CNc1c(Cl)ccc2scnc12. The van der Waals surface area contributed by atoms with Crippen LogP contribution >= 0.6 is 22.9 Å². The summed E-state index contributed by atoms with van der Waals surface area (Å²) >= 11 is 7.87. The Labute approximate surface area is 120 Å². The number of nitrogens with zero attached hydrogens (tertiary/aromatic N) is 3. The molecule has 0 aliphatic carbocycles. The van der Waals surface area contributed by atoms with Gasteiger partial charge in [0, 0.05) is 12.7 Å². The van der Waals surface area contributed by atoms with Crippen LogP contribution in [0.4, 0.5) is 5.69 Å². The minimum atomic E-state index is 0.685. The van der Waals surface area contributed by atoms with Gasteiger partial charge in [-0.25, -0.2) is 9.97 Å². The number of rotatable bonds is 4. The van der Waals surface area contributed by atoms with Crippen LogP contribution in [0.25, 0.3) is 10.2 Å². The third kappa shape index (κ3) is 2.31. The molecule has 3 aromatic rings. The van der Waals surface area contributed by atoms with Gasteiger partial charge in [-0.15, -0.1) is 11.3 Å². The lowest BCUT2D eigenvalue weighted by Crippen LogP contribution is -2.06. The number of imidazole rings is 1. The lowest BCUT2D eigenvalue weighted by molar-refractivity contribution is 0.720. The summed E-state index contributed by atoms with van der Waals surface area (Å²) in [5.41, 5.74) is 4.79. The number of anilines is 1. The second-order valence-corrected chi connectivity index (χ2v) is 5.44. The van der Waals surface area contributed by atoms with Crippen LogP contribution in [0.1, 0.15) is 12.6 Å². The Morgan fingerprint density at radius 3 is 3.16 bits per heavy atom. The average Bonchev–Trinajstić information content (AvgIpc) is 3.05. The lowest BCUT2D eigenvalue weighted by Gasteiger charge is -2.10. The fourth-order valence-electron chi connectivity index (χ4n) is 2.03. The van der Waals surface area contributed by atoms with Crippen LogP contribution in [0.3, 0.4) is 0 Å². The van der Waals surface area contributed by atoms with E-state index >= 15 is 0 Å². The topological polar surface area (TPSA) is 42.7 Å². The summed E-state index contributed by atoms with van der Waals surface area (Å²) in [6.45, 7) is 3.69. The second-order valence-electron chi connectivity index (χ2n) is 4.15. The molecular formula is C13H13ClN4S. The Morgan fingerprint density at radius 1 is 1.42 bits per heavy atom. The van der Waals surface area contributed by atoms with Gasteiger partial charge in [-0.2, -0.15) is 0 Å². The number of fused-ring (bicyclic) bond motifs is 1. The maximum absolute atomic E-state index is 6.25. The number of aryl methyl sites for hydroxylation is 1. The molecule has 0 aliphatic heterocycles. The van der Waals surface area contributed by atoms with Crippen LogP contribution in [0.15, 0.2) is 30.2 Å². The summed E-state index contributed by atoms with van der Waals surface area (Å²) in [7, 11) is 0. The van der Waals surface area contributed by atoms with Crippen LogP contribution in [-0.4, -0.2) is 14.5 Å². The van der Waals surface area contributed by atoms with Crippen molar-refractivity contribution in [2.45, 2.75) is 20.0 Å². The standard InChI is InChI=1S/C13H13ClN4S/c1-2-18-7-15-5-9(18)6-16-12-10(14)3-4-11-13(12)17-8-19-11/h3-5,7-8,16H,2,6H2,1H3. The van der Waals surface area contributed by atoms with Crippen molar-refractivity contribution in [1.82, 2.24) is 14.5 Å². The first-order chi connectivity index (χ1) is 9.29. The van der Waals surface area contributed by atoms with E-state index in [4.69, 9.17) is 11.6 Å². The number of thiazole rings is 1. The molecule has 3 rings (SSSR count). The Kier molecular flexibility index (Phi) is 3.40. The molecule has 0 amide bonds. The molecule has 0 radical (unpaired) electrons. The van der Waals surface area contributed by atoms with Crippen molar-refractivity contribution in [3.05, 3.63) is 40.9 Å². The van der Waals surface area contributed by atoms with Crippen LogP contribution in [0.5, 0.6) is 0 Å². The number of nitrogens with one attached hydrogen (secondary N) is 1. The Hall–Kier alpha value is -1.59. The number of benzene rings is 1. The van der Waals surface area contributed by atoms with Crippen LogP contribution < -0.4 is 5.32 Å². The van der Waals surface area contributed by atoms with E-state index in [-0.39, 0.29) is 0 Å². The van der Waals surface area contributed by atoms with Gasteiger partial charge in [-0.3, -0.25) is 0 Å². The van der Waals surface area contributed by atoms with Gasteiger partial charge >= 0.3 is 0 Å². The van der Waals surface area contributed by atoms with Gasteiger partial charge in [0.1, 0.15) is 5.52 Å². The molecule has 6 heteroatoms. The summed E-state index contributed by atoms with van der Waals surface area (Å²) in [6.07, 6.45) is 3.70. The van der Waals surface area contributed by atoms with Crippen molar-refractivity contribution in [3.8, 4) is 0 Å². The van der Waals surface area contributed by atoms with Gasteiger partial charge in [0.15, 0.2) is 0 Å². The van der Waals surface area contributed by atoms with Gasteiger partial charge in [-0.05, 0) is 19.1 Å². The van der Waals surface area contributed by atoms with E-state index in [0.29, 0.717) is 11.6 Å². The fourth-order valence-corrected chi connectivity index (χ4v) is 2.94. The Morgan fingerprint density at radius 2 is 2.32 bits per heavy atom. The second kappa shape index (κ2) is 5.19. The van der Waals surface area contributed by atoms with Gasteiger partial charge in [-0.1, -0.05) is 11.6 Å². The molecule has 1 aromatic carbocycles. The minimum Gasteiger partial charge on any atom is -0.376 e. The van der Waals surface area contributed by atoms with Gasteiger partial charge in [0.05, 0.1) is 39.5 Å². The third-order valence-electron chi connectivity index (χ3n) is 3.04. The molecular weight excluding hydrogens is 280 g/mol. The molecule has 0 aliphatic rings. The van der Waals surface area contributed by atoms with Gasteiger partial charge < -0.3 is 9.88 Å². The molecule has 1 N–H and O–H groups in total. The maximum atomic E-state index is 6.25. The summed E-state index contributed by atoms with van der Waals surface area (Å²) in [6, 6.07) is 3.90. The molecule has 2 heterocycles. The average molecular weight is 293 g/mol. The predicted octanol–water partition coefficient (Wildman–Crippen LogP) is 3.78. The largest absolute Gasteiger partial charge is 0.376 e. The predicted molar refractivity (Wildman–Crippen MR) is 79.9 cm³/mol. The van der Waals surface area contributed by atoms with Crippen molar-refractivity contribution in [1.29, 1.82) is 0 Å². The summed E-state index contributed by atoms with van der Waals surface area (Å²) in [5.74, 6) is 0. The van der Waals surface area contributed by atoms with Crippen molar-refractivity contribution < 1.29 is 0 Å². The highest BCUT2D eigenvalue weighted by Gasteiger charge is 2.09. The van der Waals surface area contributed by atoms with Crippen molar-refractivity contribution in [3.63, 3.8) is 0 Å².